The summed E-state index contributed by atoms with van der Waals surface area (Å²) in [5.74, 6) is 1.87. The van der Waals surface area contributed by atoms with E-state index in [9.17, 15) is 9.59 Å². The molecule has 1 aromatic heterocycles. The van der Waals surface area contributed by atoms with Crippen LogP contribution in [0.1, 0.15) is 33.2 Å². The zero-order valence-corrected chi connectivity index (χ0v) is 15.8. The Balaban J connectivity index is 1.60. The molecule has 0 unspecified atom stereocenters. The second-order valence-corrected chi connectivity index (χ2v) is 6.79. The molecule has 0 aliphatic carbocycles. The zero-order chi connectivity index (χ0) is 19.2. The van der Waals surface area contributed by atoms with Crippen LogP contribution in [0.3, 0.4) is 0 Å². The summed E-state index contributed by atoms with van der Waals surface area (Å²) in [5, 5.41) is 2.81. The highest BCUT2D eigenvalue weighted by molar-refractivity contribution is 7.16. The number of amides is 1. The molecule has 0 fully saturated rings. The smallest absolute Gasteiger partial charge is 0.265 e. The van der Waals surface area contributed by atoms with Gasteiger partial charge in [-0.3, -0.25) is 9.59 Å². The lowest BCUT2D eigenvalue weighted by atomic mass is 10.3. The highest BCUT2D eigenvalue weighted by atomic mass is 32.1. The quantitative estimate of drug-likeness (QED) is 0.557. The number of thiophene rings is 1. The Kier molecular flexibility index (Phi) is 5.88. The molecule has 0 saturated carbocycles. The third-order valence-corrected chi connectivity index (χ3v) is 4.84. The van der Waals surface area contributed by atoms with Crippen molar-refractivity contribution in [1.82, 2.24) is 0 Å². The summed E-state index contributed by atoms with van der Waals surface area (Å²) in [6.07, 6.45) is 0. The molecule has 3 rings (SSSR count). The van der Waals surface area contributed by atoms with Crippen molar-refractivity contribution < 1.29 is 19.1 Å². The van der Waals surface area contributed by atoms with Gasteiger partial charge in [-0.05, 0) is 74.5 Å². The molecule has 5 nitrogen and oxygen atoms in total. The van der Waals surface area contributed by atoms with E-state index in [1.54, 1.807) is 36.4 Å². The number of hydrogen-bond acceptors (Lipinski definition) is 5. The summed E-state index contributed by atoms with van der Waals surface area (Å²) in [6.45, 7) is 4.04. The summed E-state index contributed by atoms with van der Waals surface area (Å²) in [5.41, 5.74) is 0.650. The molecule has 0 spiro atoms. The number of carbonyl (C=O) groups excluding carboxylic acids is 2. The van der Waals surface area contributed by atoms with Crippen LogP contribution in [-0.2, 0) is 0 Å². The number of hydrogen-bond donors (Lipinski definition) is 1. The van der Waals surface area contributed by atoms with Crippen LogP contribution in [0.2, 0.25) is 0 Å². The average molecular weight is 381 g/mol. The van der Waals surface area contributed by atoms with Gasteiger partial charge in [-0.15, -0.1) is 11.3 Å². The highest BCUT2D eigenvalue weighted by Crippen LogP contribution is 2.25. The molecular formula is C21H19NO4S. The van der Waals surface area contributed by atoms with Crippen LogP contribution in [0, 0.1) is 0 Å². The van der Waals surface area contributed by atoms with E-state index in [4.69, 9.17) is 9.47 Å². The number of nitrogens with one attached hydrogen (secondary N) is 1. The SMILES string of the molecule is CCOc1ccc(Oc2ccc(NC(=O)c3ccc(C(C)=O)s3)cc2)cc1. The summed E-state index contributed by atoms with van der Waals surface area (Å²) in [7, 11) is 0. The number of anilines is 1. The summed E-state index contributed by atoms with van der Waals surface area (Å²) < 4.78 is 11.2. The molecule has 6 heteroatoms. The first-order chi connectivity index (χ1) is 13.0. The van der Waals surface area contributed by atoms with Gasteiger partial charge in [0.15, 0.2) is 5.78 Å². The summed E-state index contributed by atoms with van der Waals surface area (Å²) in [4.78, 5) is 24.7. The topological polar surface area (TPSA) is 64.6 Å². The van der Waals surface area contributed by atoms with Crippen LogP contribution in [-0.4, -0.2) is 18.3 Å². The van der Waals surface area contributed by atoms with E-state index in [2.05, 4.69) is 5.32 Å². The number of benzene rings is 2. The van der Waals surface area contributed by atoms with Crippen molar-refractivity contribution >= 4 is 28.7 Å². The lowest BCUT2D eigenvalue weighted by Gasteiger charge is -2.09. The van der Waals surface area contributed by atoms with Crippen molar-refractivity contribution in [1.29, 1.82) is 0 Å². The van der Waals surface area contributed by atoms with Gasteiger partial charge >= 0.3 is 0 Å². The van der Waals surface area contributed by atoms with Crippen LogP contribution < -0.4 is 14.8 Å². The largest absolute Gasteiger partial charge is 0.494 e. The van der Waals surface area contributed by atoms with Crippen LogP contribution in [0.15, 0.2) is 60.7 Å². The zero-order valence-electron chi connectivity index (χ0n) is 15.0. The van der Waals surface area contributed by atoms with Gasteiger partial charge in [-0.2, -0.15) is 0 Å². The maximum absolute atomic E-state index is 12.3. The first-order valence-electron chi connectivity index (χ1n) is 8.48. The number of rotatable bonds is 7. The predicted molar refractivity (Wildman–Crippen MR) is 106 cm³/mol. The van der Waals surface area contributed by atoms with Crippen LogP contribution in [0.5, 0.6) is 17.2 Å². The monoisotopic (exact) mass is 381 g/mol. The maximum Gasteiger partial charge on any atom is 0.265 e. The molecule has 0 atom stereocenters. The van der Waals surface area contributed by atoms with Crippen LogP contribution in [0.25, 0.3) is 0 Å². The van der Waals surface area contributed by atoms with Crippen molar-refractivity contribution in [2.45, 2.75) is 13.8 Å². The van der Waals surface area contributed by atoms with Crippen LogP contribution in [0.4, 0.5) is 5.69 Å². The molecule has 138 valence electrons. The molecule has 1 heterocycles. The van der Waals surface area contributed by atoms with Crippen molar-refractivity contribution in [3.05, 3.63) is 70.4 Å². The Bertz CT molecular complexity index is 930. The lowest BCUT2D eigenvalue weighted by molar-refractivity contribution is 0.101. The molecule has 0 radical (unpaired) electrons. The third-order valence-electron chi connectivity index (χ3n) is 3.66. The van der Waals surface area contributed by atoms with Crippen molar-refractivity contribution in [3.8, 4) is 17.2 Å². The standard InChI is InChI=1S/C21H19NO4S/c1-3-25-16-8-10-18(11-9-16)26-17-6-4-15(5-7-17)22-21(24)20-13-12-19(27-20)14(2)23/h4-13H,3H2,1-2H3,(H,22,24). The fourth-order valence-electron chi connectivity index (χ4n) is 2.35. The van der Waals surface area contributed by atoms with E-state index in [-0.39, 0.29) is 11.7 Å². The average Bonchev–Trinajstić information content (AvgIpc) is 3.16. The van der Waals surface area contributed by atoms with Gasteiger partial charge in [-0.1, -0.05) is 0 Å². The van der Waals surface area contributed by atoms with E-state index in [0.29, 0.717) is 33.5 Å². The van der Waals surface area contributed by atoms with E-state index >= 15 is 0 Å². The van der Waals surface area contributed by atoms with Gasteiger partial charge in [-0.25, -0.2) is 0 Å². The Morgan fingerprint density at radius 1 is 0.852 bits per heavy atom. The van der Waals surface area contributed by atoms with Crippen molar-refractivity contribution in [2.75, 3.05) is 11.9 Å². The number of ether oxygens (including phenoxy) is 2. The maximum atomic E-state index is 12.3. The summed E-state index contributed by atoms with van der Waals surface area (Å²) >= 11 is 1.18. The van der Waals surface area contributed by atoms with Crippen molar-refractivity contribution in [2.24, 2.45) is 0 Å². The molecule has 3 aromatic rings. The van der Waals surface area contributed by atoms with Gasteiger partial charge in [0.1, 0.15) is 17.2 Å². The van der Waals surface area contributed by atoms with E-state index in [1.165, 1.54) is 18.3 Å². The molecule has 0 aliphatic rings. The predicted octanol–water partition coefficient (Wildman–Crippen LogP) is 5.39. The number of carbonyl (C=O) groups is 2. The molecule has 0 bridgehead atoms. The first kappa shape index (κ1) is 18.7. The van der Waals surface area contributed by atoms with Gasteiger partial charge in [0.2, 0.25) is 0 Å². The van der Waals surface area contributed by atoms with Gasteiger partial charge in [0.25, 0.3) is 5.91 Å². The molecular weight excluding hydrogens is 362 g/mol. The molecule has 1 amide bonds. The third kappa shape index (κ3) is 4.95. The lowest BCUT2D eigenvalue weighted by Crippen LogP contribution is -2.09. The molecule has 27 heavy (non-hydrogen) atoms. The molecule has 0 aliphatic heterocycles. The normalized spacial score (nSPS) is 10.3. The Morgan fingerprint density at radius 3 is 1.96 bits per heavy atom. The van der Waals surface area contributed by atoms with Gasteiger partial charge in [0.05, 0.1) is 16.4 Å². The first-order valence-corrected chi connectivity index (χ1v) is 9.29. The van der Waals surface area contributed by atoms with E-state index < -0.39 is 0 Å². The number of Topliss-reactive ketones (excluding diaryl/α,β-unsaturated/α-hetero) is 1. The second kappa shape index (κ2) is 8.51. The Labute approximate surface area is 161 Å². The summed E-state index contributed by atoms with van der Waals surface area (Å²) in [6, 6.07) is 17.8. The molecule has 1 N–H and O–H groups in total. The van der Waals surface area contributed by atoms with Gasteiger partial charge in [0, 0.05) is 5.69 Å². The second-order valence-electron chi connectivity index (χ2n) is 5.71. The van der Waals surface area contributed by atoms with E-state index in [0.717, 1.165) is 5.75 Å². The Hall–Kier alpha value is -3.12. The van der Waals surface area contributed by atoms with Crippen molar-refractivity contribution in [3.63, 3.8) is 0 Å². The van der Waals surface area contributed by atoms with Crippen LogP contribution >= 0.6 is 11.3 Å². The minimum atomic E-state index is -0.243. The Morgan fingerprint density at radius 2 is 1.41 bits per heavy atom. The van der Waals surface area contributed by atoms with E-state index in [1.807, 2.05) is 31.2 Å². The molecule has 0 saturated heterocycles. The number of ketones is 1. The molecule has 2 aromatic carbocycles. The fourth-order valence-corrected chi connectivity index (χ4v) is 3.15. The fraction of sp³-hybridized carbons (Fsp3) is 0.143. The minimum absolute atomic E-state index is 0.0464. The minimum Gasteiger partial charge on any atom is -0.494 e. The van der Waals surface area contributed by atoms with Gasteiger partial charge < -0.3 is 14.8 Å². The highest BCUT2D eigenvalue weighted by Gasteiger charge is 2.11.